The average Bonchev–Trinajstić information content (AvgIpc) is 2.87. The summed E-state index contributed by atoms with van der Waals surface area (Å²) in [6.45, 7) is 0.198. The highest BCUT2D eigenvalue weighted by Crippen LogP contribution is 2.20. The molecule has 0 aliphatic carbocycles. The van der Waals surface area contributed by atoms with Crippen LogP contribution in [0.4, 0.5) is 5.69 Å². The first-order valence-corrected chi connectivity index (χ1v) is 6.02. The van der Waals surface area contributed by atoms with Crippen molar-refractivity contribution in [1.29, 1.82) is 5.26 Å². The fraction of sp³-hybridized carbons (Fsp3) is 0.0667. The van der Waals surface area contributed by atoms with Gasteiger partial charge in [-0.25, -0.2) is 4.98 Å². The van der Waals surface area contributed by atoms with E-state index in [0.717, 1.165) is 5.52 Å². The van der Waals surface area contributed by atoms with E-state index >= 15 is 0 Å². The molecule has 0 amide bonds. The molecule has 3 aromatic rings. The highest BCUT2D eigenvalue weighted by molar-refractivity contribution is 5.76. The van der Waals surface area contributed by atoms with Crippen molar-refractivity contribution in [3.8, 4) is 11.8 Å². The molecule has 5 nitrogen and oxygen atoms in total. The second-order valence-corrected chi connectivity index (χ2v) is 4.26. The first-order valence-electron chi connectivity index (χ1n) is 6.02. The van der Waals surface area contributed by atoms with Crippen LogP contribution in [-0.4, -0.2) is 4.98 Å². The van der Waals surface area contributed by atoms with Gasteiger partial charge in [0.2, 0.25) is 5.89 Å². The number of benzene rings is 2. The van der Waals surface area contributed by atoms with Gasteiger partial charge in [-0.3, -0.25) is 0 Å². The normalized spacial score (nSPS) is 10.3. The summed E-state index contributed by atoms with van der Waals surface area (Å²) in [4.78, 5) is 4.30. The molecule has 0 bridgehead atoms. The Morgan fingerprint density at radius 2 is 2.15 bits per heavy atom. The van der Waals surface area contributed by atoms with Gasteiger partial charge in [0, 0.05) is 11.8 Å². The molecule has 0 unspecified atom stereocenters. The van der Waals surface area contributed by atoms with Crippen LogP contribution in [0.1, 0.15) is 11.5 Å². The summed E-state index contributed by atoms with van der Waals surface area (Å²) in [5.41, 5.74) is 8.23. The summed E-state index contributed by atoms with van der Waals surface area (Å²) in [6, 6.07) is 14.3. The van der Waals surface area contributed by atoms with Gasteiger partial charge in [-0.2, -0.15) is 5.26 Å². The molecule has 0 saturated carbocycles. The molecule has 98 valence electrons. The average molecular weight is 265 g/mol. The second kappa shape index (κ2) is 4.94. The summed E-state index contributed by atoms with van der Waals surface area (Å²) in [6.07, 6.45) is 0. The molecule has 0 fully saturated rings. The zero-order valence-electron chi connectivity index (χ0n) is 10.5. The summed E-state index contributed by atoms with van der Waals surface area (Å²) in [7, 11) is 0. The van der Waals surface area contributed by atoms with Crippen molar-refractivity contribution in [2.75, 3.05) is 5.73 Å². The van der Waals surface area contributed by atoms with Crippen molar-refractivity contribution >= 4 is 16.8 Å². The van der Waals surface area contributed by atoms with E-state index in [0.29, 0.717) is 28.5 Å². The van der Waals surface area contributed by atoms with Crippen LogP contribution in [0.25, 0.3) is 11.1 Å². The summed E-state index contributed by atoms with van der Waals surface area (Å²) >= 11 is 0. The van der Waals surface area contributed by atoms with Crippen molar-refractivity contribution in [3.05, 3.63) is 53.9 Å². The second-order valence-electron chi connectivity index (χ2n) is 4.26. The Morgan fingerprint density at radius 1 is 1.25 bits per heavy atom. The third-order valence-electron chi connectivity index (χ3n) is 2.78. The van der Waals surface area contributed by atoms with Gasteiger partial charge in [0.25, 0.3) is 0 Å². The number of rotatable bonds is 3. The van der Waals surface area contributed by atoms with E-state index in [1.165, 1.54) is 0 Å². The van der Waals surface area contributed by atoms with E-state index in [-0.39, 0.29) is 6.61 Å². The summed E-state index contributed by atoms with van der Waals surface area (Å²) in [5, 5.41) is 8.82. The van der Waals surface area contributed by atoms with Crippen LogP contribution in [-0.2, 0) is 6.61 Å². The lowest BCUT2D eigenvalue weighted by atomic mass is 10.2. The molecule has 2 aromatic carbocycles. The highest BCUT2D eigenvalue weighted by Gasteiger charge is 2.07. The Balaban J connectivity index is 1.78. The van der Waals surface area contributed by atoms with Gasteiger partial charge in [0.05, 0.1) is 11.6 Å². The standard InChI is InChI=1S/C15H11N3O2/c16-8-10-2-1-3-12(6-10)19-9-15-18-13-5-4-11(17)7-14(13)20-15/h1-7H,9,17H2. The third-order valence-corrected chi connectivity index (χ3v) is 2.78. The number of anilines is 1. The molecule has 0 aliphatic rings. The number of ether oxygens (including phenoxy) is 1. The zero-order valence-corrected chi connectivity index (χ0v) is 10.5. The molecule has 2 N–H and O–H groups in total. The number of oxazole rings is 1. The van der Waals surface area contributed by atoms with Gasteiger partial charge in [0.1, 0.15) is 11.3 Å². The first-order chi connectivity index (χ1) is 9.74. The van der Waals surface area contributed by atoms with Crippen LogP contribution >= 0.6 is 0 Å². The van der Waals surface area contributed by atoms with Crippen molar-refractivity contribution in [2.45, 2.75) is 6.61 Å². The monoisotopic (exact) mass is 265 g/mol. The first kappa shape index (κ1) is 12.1. The fourth-order valence-corrected chi connectivity index (χ4v) is 1.85. The number of nitriles is 1. The number of nitrogens with zero attached hydrogens (tertiary/aromatic N) is 2. The molecule has 0 radical (unpaired) electrons. The van der Waals surface area contributed by atoms with Crippen LogP contribution in [0.5, 0.6) is 5.75 Å². The van der Waals surface area contributed by atoms with Crippen LogP contribution in [0.2, 0.25) is 0 Å². The van der Waals surface area contributed by atoms with Gasteiger partial charge in [-0.15, -0.1) is 0 Å². The van der Waals surface area contributed by atoms with Crippen molar-refractivity contribution in [2.24, 2.45) is 0 Å². The molecule has 0 spiro atoms. The minimum atomic E-state index is 0.198. The molecule has 20 heavy (non-hydrogen) atoms. The number of nitrogens with two attached hydrogens (primary N) is 1. The van der Waals surface area contributed by atoms with Gasteiger partial charge >= 0.3 is 0 Å². The maximum atomic E-state index is 8.82. The zero-order chi connectivity index (χ0) is 13.9. The minimum Gasteiger partial charge on any atom is -0.484 e. The minimum absolute atomic E-state index is 0.198. The molecular formula is C15H11N3O2. The maximum Gasteiger partial charge on any atom is 0.233 e. The summed E-state index contributed by atoms with van der Waals surface area (Å²) in [5.74, 6) is 1.07. The summed E-state index contributed by atoms with van der Waals surface area (Å²) < 4.78 is 11.1. The molecule has 1 heterocycles. The van der Waals surface area contributed by atoms with Crippen LogP contribution in [0, 0.1) is 11.3 Å². The number of hydrogen-bond donors (Lipinski definition) is 1. The van der Waals surface area contributed by atoms with E-state index in [1.54, 1.807) is 42.5 Å². The van der Waals surface area contributed by atoms with Crippen molar-refractivity contribution in [1.82, 2.24) is 4.98 Å². The topological polar surface area (TPSA) is 85.1 Å². The van der Waals surface area contributed by atoms with Gasteiger partial charge in [0.15, 0.2) is 12.2 Å². The van der Waals surface area contributed by atoms with Gasteiger partial charge < -0.3 is 14.9 Å². The molecule has 1 aromatic heterocycles. The number of fused-ring (bicyclic) bond motifs is 1. The lowest BCUT2D eigenvalue weighted by molar-refractivity contribution is 0.267. The van der Waals surface area contributed by atoms with E-state index in [9.17, 15) is 0 Å². The molecule has 3 rings (SSSR count). The van der Waals surface area contributed by atoms with Gasteiger partial charge in [-0.1, -0.05) is 6.07 Å². The number of aromatic nitrogens is 1. The van der Waals surface area contributed by atoms with Crippen LogP contribution in [0.15, 0.2) is 46.9 Å². The fourth-order valence-electron chi connectivity index (χ4n) is 1.85. The highest BCUT2D eigenvalue weighted by atomic mass is 16.5. The van der Waals surface area contributed by atoms with E-state index in [4.69, 9.17) is 20.1 Å². The molecule has 0 aliphatic heterocycles. The van der Waals surface area contributed by atoms with Gasteiger partial charge in [-0.05, 0) is 30.3 Å². The SMILES string of the molecule is N#Cc1cccc(OCc2nc3ccc(N)cc3o2)c1. The number of hydrogen-bond acceptors (Lipinski definition) is 5. The molecule has 0 saturated heterocycles. The Kier molecular flexibility index (Phi) is 2.98. The Labute approximate surface area is 115 Å². The lowest BCUT2D eigenvalue weighted by Crippen LogP contribution is -1.95. The quantitative estimate of drug-likeness (QED) is 0.736. The predicted octanol–water partition coefficient (Wildman–Crippen LogP) is 2.86. The smallest absolute Gasteiger partial charge is 0.233 e. The third kappa shape index (κ3) is 2.40. The Morgan fingerprint density at radius 3 is 3.00 bits per heavy atom. The molecule has 0 atom stereocenters. The predicted molar refractivity (Wildman–Crippen MR) is 73.9 cm³/mol. The van der Waals surface area contributed by atoms with Crippen molar-refractivity contribution < 1.29 is 9.15 Å². The van der Waals surface area contributed by atoms with Crippen LogP contribution in [0.3, 0.4) is 0 Å². The lowest BCUT2D eigenvalue weighted by Gasteiger charge is -2.02. The molecule has 5 heteroatoms. The largest absolute Gasteiger partial charge is 0.484 e. The Hall–Kier alpha value is -3.00. The molecular weight excluding hydrogens is 254 g/mol. The van der Waals surface area contributed by atoms with E-state index < -0.39 is 0 Å². The number of nitrogen functional groups attached to an aromatic ring is 1. The van der Waals surface area contributed by atoms with Crippen molar-refractivity contribution in [3.63, 3.8) is 0 Å². The van der Waals surface area contributed by atoms with E-state index in [2.05, 4.69) is 11.1 Å². The maximum absolute atomic E-state index is 8.82. The van der Waals surface area contributed by atoms with Crippen LogP contribution < -0.4 is 10.5 Å². The van der Waals surface area contributed by atoms with E-state index in [1.807, 2.05) is 0 Å². The Bertz CT molecular complexity index is 802.